The third kappa shape index (κ3) is 1.42. The molecule has 1 heterocycles. The molecule has 2 aromatic rings. The summed E-state index contributed by atoms with van der Waals surface area (Å²) in [4.78, 5) is 2.92. The molecule has 1 saturated carbocycles. The lowest BCUT2D eigenvalue weighted by Gasteiger charge is -2.07. The van der Waals surface area contributed by atoms with Crippen molar-refractivity contribution in [3.8, 4) is 0 Å². The minimum Gasteiger partial charge on any atom is -0.359 e. The van der Waals surface area contributed by atoms with Gasteiger partial charge >= 0.3 is 0 Å². The molecule has 0 radical (unpaired) electrons. The van der Waals surface area contributed by atoms with Gasteiger partial charge in [0.05, 0.1) is 5.52 Å². The van der Waals surface area contributed by atoms with Crippen LogP contribution in [-0.4, -0.2) is 4.98 Å². The van der Waals surface area contributed by atoms with Gasteiger partial charge in [0.1, 0.15) is 11.6 Å². The van der Waals surface area contributed by atoms with E-state index in [1.807, 2.05) is 6.20 Å². The molecular formula is C13H13F2N. The molecule has 1 nitrogen and oxygen atoms in total. The monoisotopic (exact) mass is 221 g/mol. The van der Waals surface area contributed by atoms with Crippen LogP contribution in [-0.2, 0) is 0 Å². The van der Waals surface area contributed by atoms with Crippen LogP contribution in [0.25, 0.3) is 10.9 Å². The molecule has 0 unspecified atom stereocenters. The van der Waals surface area contributed by atoms with E-state index in [1.165, 1.54) is 18.9 Å². The highest BCUT2D eigenvalue weighted by Crippen LogP contribution is 2.38. The SMILES string of the molecule is Fc1cc(F)c2[nH]cc(C3CCCC3)c2c1. The van der Waals surface area contributed by atoms with Gasteiger partial charge < -0.3 is 4.98 Å². The van der Waals surface area contributed by atoms with E-state index in [-0.39, 0.29) is 0 Å². The summed E-state index contributed by atoms with van der Waals surface area (Å²) in [5.74, 6) is -0.530. The molecule has 1 aromatic carbocycles. The van der Waals surface area contributed by atoms with Crippen LogP contribution in [0.1, 0.15) is 37.2 Å². The molecule has 84 valence electrons. The fraction of sp³-hybridized carbons (Fsp3) is 0.385. The second-order valence-electron chi connectivity index (χ2n) is 4.54. The molecule has 0 aliphatic heterocycles. The number of fused-ring (bicyclic) bond motifs is 1. The number of benzene rings is 1. The second-order valence-corrected chi connectivity index (χ2v) is 4.54. The third-order valence-electron chi connectivity index (χ3n) is 3.53. The summed E-state index contributed by atoms with van der Waals surface area (Å²) in [6.07, 6.45) is 6.53. The minimum absolute atomic E-state index is 0.434. The molecule has 1 N–H and O–H groups in total. The molecule has 16 heavy (non-hydrogen) atoms. The average molecular weight is 221 g/mol. The maximum absolute atomic E-state index is 13.5. The van der Waals surface area contributed by atoms with Crippen LogP contribution in [0.5, 0.6) is 0 Å². The van der Waals surface area contributed by atoms with Gasteiger partial charge in [-0.25, -0.2) is 8.78 Å². The van der Waals surface area contributed by atoms with E-state index in [2.05, 4.69) is 4.98 Å². The molecule has 3 rings (SSSR count). The fourth-order valence-corrected chi connectivity index (χ4v) is 2.75. The summed E-state index contributed by atoms with van der Waals surface area (Å²) in [5.41, 5.74) is 1.51. The highest BCUT2D eigenvalue weighted by Gasteiger charge is 2.21. The molecule has 1 aliphatic rings. The first-order valence-corrected chi connectivity index (χ1v) is 5.72. The first-order chi connectivity index (χ1) is 7.75. The van der Waals surface area contributed by atoms with Crippen LogP contribution in [0.3, 0.4) is 0 Å². The van der Waals surface area contributed by atoms with Gasteiger partial charge in [-0.05, 0) is 30.4 Å². The summed E-state index contributed by atoms with van der Waals surface area (Å²) in [7, 11) is 0. The Balaban J connectivity index is 2.18. The van der Waals surface area contributed by atoms with Crippen molar-refractivity contribution in [2.24, 2.45) is 0 Å². The topological polar surface area (TPSA) is 15.8 Å². The van der Waals surface area contributed by atoms with Crippen LogP contribution in [0.15, 0.2) is 18.3 Å². The molecule has 0 spiro atoms. The molecule has 0 bridgehead atoms. The van der Waals surface area contributed by atoms with Gasteiger partial charge in [0.2, 0.25) is 0 Å². The van der Waals surface area contributed by atoms with Crippen molar-refractivity contribution in [3.63, 3.8) is 0 Å². The van der Waals surface area contributed by atoms with Crippen molar-refractivity contribution >= 4 is 10.9 Å². The molecule has 1 aromatic heterocycles. The van der Waals surface area contributed by atoms with Crippen molar-refractivity contribution in [2.75, 3.05) is 0 Å². The van der Waals surface area contributed by atoms with Gasteiger partial charge in [-0.2, -0.15) is 0 Å². The molecule has 0 amide bonds. The van der Waals surface area contributed by atoms with E-state index in [0.717, 1.165) is 24.5 Å². The van der Waals surface area contributed by atoms with Crippen LogP contribution in [0, 0.1) is 11.6 Å². The first kappa shape index (κ1) is 9.82. The van der Waals surface area contributed by atoms with Gasteiger partial charge in [0, 0.05) is 17.6 Å². The zero-order valence-corrected chi connectivity index (χ0v) is 8.89. The molecule has 0 saturated heterocycles. The zero-order chi connectivity index (χ0) is 11.1. The lowest BCUT2D eigenvalue weighted by molar-refractivity contribution is 0.590. The van der Waals surface area contributed by atoms with Crippen LogP contribution < -0.4 is 0 Å². The molecule has 0 atom stereocenters. The highest BCUT2D eigenvalue weighted by molar-refractivity contribution is 5.84. The number of rotatable bonds is 1. The van der Waals surface area contributed by atoms with Crippen LogP contribution in [0.2, 0.25) is 0 Å². The van der Waals surface area contributed by atoms with Crippen molar-refractivity contribution in [1.29, 1.82) is 0 Å². The number of hydrogen-bond donors (Lipinski definition) is 1. The van der Waals surface area contributed by atoms with Gasteiger partial charge in [-0.15, -0.1) is 0 Å². The van der Waals surface area contributed by atoms with Crippen LogP contribution in [0.4, 0.5) is 8.78 Å². The van der Waals surface area contributed by atoms with E-state index >= 15 is 0 Å². The summed E-state index contributed by atoms with van der Waals surface area (Å²) >= 11 is 0. The quantitative estimate of drug-likeness (QED) is 0.746. The smallest absolute Gasteiger partial charge is 0.150 e. The second kappa shape index (κ2) is 3.58. The first-order valence-electron chi connectivity index (χ1n) is 5.72. The van der Waals surface area contributed by atoms with E-state index in [4.69, 9.17) is 0 Å². The minimum atomic E-state index is -0.501. The number of halogens is 2. The van der Waals surface area contributed by atoms with Crippen LogP contribution >= 0.6 is 0 Å². The Labute approximate surface area is 92.5 Å². The van der Waals surface area contributed by atoms with E-state index in [0.29, 0.717) is 16.8 Å². The van der Waals surface area contributed by atoms with Crippen molar-refractivity contribution in [3.05, 3.63) is 35.5 Å². The van der Waals surface area contributed by atoms with Gasteiger partial charge in [-0.3, -0.25) is 0 Å². The summed E-state index contributed by atoms with van der Waals surface area (Å²) in [6.45, 7) is 0. The van der Waals surface area contributed by atoms with Crippen molar-refractivity contribution in [1.82, 2.24) is 4.98 Å². The molecule has 1 aliphatic carbocycles. The lowest BCUT2D eigenvalue weighted by Crippen LogP contribution is -1.90. The Morgan fingerprint density at radius 2 is 1.88 bits per heavy atom. The Morgan fingerprint density at radius 1 is 1.12 bits per heavy atom. The van der Waals surface area contributed by atoms with E-state index in [1.54, 1.807) is 0 Å². The van der Waals surface area contributed by atoms with Crippen molar-refractivity contribution in [2.45, 2.75) is 31.6 Å². The summed E-state index contributed by atoms with van der Waals surface area (Å²) in [6, 6.07) is 2.36. The standard InChI is InChI=1S/C13H13F2N/c14-9-5-10-11(8-3-1-2-4-8)7-16-13(10)12(15)6-9/h5-8,16H,1-4H2. The largest absolute Gasteiger partial charge is 0.359 e. The predicted molar refractivity (Wildman–Crippen MR) is 59.4 cm³/mol. The summed E-state index contributed by atoms with van der Waals surface area (Å²) in [5, 5.41) is 0.712. The maximum atomic E-state index is 13.5. The number of H-pyrrole nitrogens is 1. The predicted octanol–water partition coefficient (Wildman–Crippen LogP) is 4.10. The fourth-order valence-electron chi connectivity index (χ4n) is 2.75. The number of hydrogen-bond acceptors (Lipinski definition) is 0. The third-order valence-corrected chi connectivity index (χ3v) is 3.53. The van der Waals surface area contributed by atoms with Gasteiger partial charge in [0.25, 0.3) is 0 Å². The average Bonchev–Trinajstić information content (AvgIpc) is 2.83. The normalized spacial score (nSPS) is 17.4. The van der Waals surface area contributed by atoms with Gasteiger partial charge in [-0.1, -0.05) is 12.8 Å². The number of aromatic nitrogens is 1. The zero-order valence-electron chi connectivity index (χ0n) is 8.89. The Hall–Kier alpha value is -1.38. The molecular weight excluding hydrogens is 208 g/mol. The number of nitrogens with one attached hydrogen (secondary N) is 1. The maximum Gasteiger partial charge on any atom is 0.150 e. The summed E-state index contributed by atoms with van der Waals surface area (Å²) < 4.78 is 26.7. The van der Waals surface area contributed by atoms with E-state index < -0.39 is 11.6 Å². The Bertz CT molecular complexity index is 524. The van der Waals surface area contributed by atoms with Gasteiger partial charge in [0.15, 0.2) is 0 Å². The lowest BCUT2D eigenvalue weighted by atomic mass is 9.97. The Kier molecular flexibility index (Phi) is 2.20. The van der Waals surface area contributed by atoms with E-state index in [9.17, 15) is 8.78 Å². The Morgan fingerprint density at radius 3 is 2.62 bits per heavy atom. The van der Waals surface area contributed by atoms with Crippen molar-refractivity contribution < 1.29 is 8.78 Å². The number of aromatic amines is 1. The molecule has 1 fully saturated rings. The highest BCUT2D eigenvalue weighted by atomic mass is 19.1. The molecule has 3 heteroatoms.